The Hall–Kier alpha value is -0.320. The van der Waals surface area contributed by atoms with Gasteiger partial charge in [-0.15, -0.1) is 0 Å². The molecule has 0 aliphatic rings. The summed E-state index contributed by atoms with van der Waals surface area (Å²) in [5.74, 6) is 0. The molecule has 2 N–H and O–H groups in total. The first kappa shape index (κ1) is 17.7. The molecule has 0 heterocycles. The Morgan fingerprint density at radius 3 is 2.35 bits per heavy atom. The van der Waals surface area contributed by atoms with Crippen LogP contribution in [0, 0.1) is 5.41 Å². The van der Waals surface area contributed by atoms with Crippen LogP contribution in [0.4, 0.5) is 5.69 Å². The zero-order chi connectivity index (χ0) is 15.6. The van der Waals surface area contributed by atoms with Gasteiger partial charge in [0.15, 0.2) is 5.11 Å². The molecule has 0 spiro atoms. The summed E-state index contributed by atoms with van der Waals surface area (Å²) in [5, 5.41) is 7.72. The highest BCUT2D eigenvalue weighted by Gasteiger charge is 2.26. The van der Waals surface area contributed by atoms with Crippen LogP contribution in [0.25, 0.3) is 0 Å². The molecule has 5 heteroatoms. The average molecular weight is 378 g/mol. The molecule has 0 fully saturated rings. The van der Waals surface area contributed by atoms with Gasteiger partial charge in [-0.2, -0.15) is 0 Å². The van der Waals surface area contributed by atoms with Gasteiger partial charge in [-0.05, 0) is 56.1 Å². The zero-order valence-corrected chi connectivity index (χ0v) is 15.8. The molecule has 0 aromatic heterocycles. The lowest BCUT2D eigenvalue weighted by atomic mass is 9.82. The molecule has 0 aliphatic heterocycles. The molecule has 0 bridgehead atoms. The zero-order valence-electron chi connectivity index (χ0n) is 12.6. The Morgan fingerprint density at radius 1 is 1.25 bits per heavy atom. The van der Waals surface area contributed by atoms with E-state index in [-0.39, 0.29) is 11.0 Å². The van der Waals surface area contributed by atoms with Crippen LogP contribution in [-0.2, 0) is 0 Å². The van der Waals surface area contributed by atoms with Crippen LogP contribution >= 0.6 is 39.7 Å². The smallest absolute Gasteiger partial charge is 0.171 e. The van der Waals surface area contributed by atoms with Gasteiger partial charge in [0, 0.05) is 10.0 Å². The van der Waals surface area contributed by atoms with Crippen molar-refractivity contribution in [3.8, 4) is 0 Å². The van der Waals surface area contributed by atoms with E-state index in [9.17, 15) is 0 Å². The molecule has 0 aliphatic carbocycles. The van der Waals surface area contributed by atoms with Crippen molar-refractivity contribution in [2.75, 3.05) is 5.32 Å². The lowest BCUT2D eigenvalue weighted by Crippen LogP contribution is -2.47. The highest BCUT2D eigenvalue weighted by Crippen LogP contribution is 2.28. The molecule has 112 valence electrons. The third kappa shape index (κ3) is 6.42. The van der Waals surface area contributed by atoms with Crippen LogP contribution in [0.3, 0.4) is 0 Å². The third-order valence-electron chi connectivity index (χ3n) is 2.60. The first-order valence-corrected chi connectivity index (χ1v) is 8.11. The first-order valence-electron chi connectivity index (χ1n) is 6.53. The average Bonchev–Trinajstić information content (AvgIpc) is 2.17. The Bertz CT molecular complexity index is 495. The van der Waals surface area contributed by atoms with Gasteiger partial charge in [-0.1, -0.05) is 48.3 Å². The van der Waals surface area contributed by atoms with Crippen molar-refractivity contribution < 1.29 is 0 Å². The molecule has 20 heavy (non-hydrogen) atoms. The highest BCUT2D eigenvalue weighted by atomic mass is 79.9. The second kappa shape index (κ2) is 6.63. The molecule has 1 aromatic carbocycles. The molecule has 0 amide bonds. The summed E-state index contributed by atoms with van der Waals surface area (Å²) in [6, 6.07) is 5.67. The van der Waals surface area contributed by atoms with Gasteiger partial charge in [0.1, 0.15) is 0 Å². The highest BCUT2D eigenvalue weighted by molar-refractivity contribution is 9.10. The minimum Gasteiger partial charge on any atom is -0.358 e. The maximum absolute atomic E-state index is 6.17. The number of rotatable bonds is 3. The second-order valence-electron chi connectivity index (χ2n) is 6.82. The van der Waals surface area contributed by atoms with Crippen LogP contribution in [0.2, 0.25) is 5.02 Å². The number of halogens is 2. The minimum atomic E-state index is -0.0792. The lowest BCUT2D eigenvalue weighted by Gasteiger charge is -2.34. The van der Waals surface area contributed by atoms with Crippen LogP contribution in [0.5, 0.6) is 0 Å². The fraction of sp³-hybridized carbons (Fsp3) is 0.533. The summed E-state index contributed by atoms with van der Waals surface area (Å²) in [5.41, 5.74) is 0.963. The van der Waals surface area contributed by atoms with Crippen LogP contribution in [0.1, 0.15) is 41.0 Å². The number of hydrogen-bond donors (Lipinski definition) is 2. The van der Waals surface area contributed by atoms with Gasteiger partial charge in [-0.3, -0.25) is 0 Å². The van der Waals surface area contributed by atoms with Gasteiger partial charge in [0.05, 0.1) is 10.7 Å². The van der Waals surface area contributed by atoms with Gasteiger partial charge in [-0.25, -0.2) is 0 Å². The SMILES string of the molecule is CC(C)(C)CC(C)(C)NC(=S)Nc1ccc(Br)cc1Cl. The van der Waals surface area contributed by atoms with E-state index in [0.717, 1.165) is 16.6 Å². The van der Waals surface area contributed by atoms with Gasteiger partial charge >= 0.3 is 0 Å². The molecule has 0 radical (unpaired) electrons. The standard InChI is InChI=1S/C15H22BrClN2S/c1-14(2,3)9-15(4,5)19-13(20)18-12-7-6-10(16)8-11(12)17/h6-8H,9H2,1-5H3,(H2,18,19,20). The lowest BCUT2D eigenvalue weighted by molar-refractivity contribution is 0.268. The van der Waals surface area contributed by atoms with Crippen molar-refractivity contribution in [3.63, 3.8) is 0 Å². The number of thiocarbonyl (C=S) groups is 1. The third-order valence-corrected chi connectivity index (χ3v) is 3.61. The molecule has 1 rings (SSSR count). The molecule has 0 saturated carbocycles. The first-order chi connectivity index (χ1) is 8.98. The predicted octanol–water partition coefficient (Wildman–Crippen LogP) is 5.60. The Labute approximate surface area is 140 Å². The number of hydrogen-bond acceptors (Lipinski definition) is 1. The molecule has 0 unspecified atom stereocenters. The van der Waals surface area contributed by atoms with E-state index in [2.05, 4.69) is 61.2 Å². The molecule has 1 aromatic rings. The number of benzene rings is 1. The van der Waals surface area contributed by atoms with Gasteiger partial charge in [0.2, 0.25) is 0 Å². The van der Waals surface area contributed by atoms with Crippen LogP contribution in [0.15, 0.2) is 22.7 Å². The van der Waals surface area contributed by atoms with E-state index in [1.54, 1.807) is 0 Å². The molecule has 0 saturated heterocycles. The fourth-order valence-electron chi connectivity index (χ4n) is 2.42. The summed E-state index contributed by atoms with van der Waals surface area (Å²) in [4.78, 5) is 0. The van der Waals surface area contributed by atoms with Crippen molar-refractivity contribution in [3.05, 3.63) is 27.7 Å². The minimum absolute atomic E-state index is 0.0792. The van der Waals surface area contributed by atoms with Crippen molar-refractivity contribution in [1.29, 1.82) is 0 Å². The van der Waals surface area contributed by atoms with Crippen molar-refractivity contribution in [1.82, 2.24) is 5.32 Å². The topological polar surface area (TPSA) is 24.1 Å². The largest absolute Gasteiger partial charge is 0.358 e. The maximum Gasteiger partial charge on any atom is 0.171 e. The van der Waals surface area contributed by atoms with E-state index in [4.69, 9.17) is 23.8 Å². The van der Waals surface area contributed by atoms with E-state index in [0.29, 0.717) is 10.1 Å². The monoisotopic (exact) mass is 376 g/mol. The normalized spacial score (nSPS) is 12.2. The quantitative estimate of drug-likeness (QED) is 0.670. The second-order valence-corrected chi connectivity index (χ2v) is 8.56. The van der Waals surface area contributed by atoms with Crippen LogP contribution < -0.4 is 10.6 Å². The Morgan fingerprint density at radius 2 is 1.85 bits per heavy atom. The van der Waals surface area contributed by atoms with Crippen molar-refractivity contribution in [2.24, 2.45) is 5.41 Å². The molecular formula is C15H22BrClN2S. The molecule has 0 atom stereocenters. The van der Waals surface area contributed by atoms with E-state index < -0.39 is 0 Å². The van der Waals surface area contributed by atoms with Gasteiger partial charge in [0.25, 0.3) is 0 Å². The Balaban J connectivity index is 2.68. The molecule has 2 nitrogen and oxygen atoms in total. The van der Waals surface area contributed by atoms with Gasteiger partial charge < -0.3 is 10.6 Å². The van der Waals surface area contributed by atoms with E-state index >= 15 is 0 Å². The summed E-state index contributed by atoms with van der Waals surface area (Å²) >= 11 is 14.9. The summed E-state index contributed by atoms with van der Waals surface area (Å²) in [7, 11) is 0. The van der Waals surface area contributed by atoms with Crippen molar-refractivity contribution in [2.45, 2.75) is 46.6 Å². The summed E-state index contributed by atoms with van der Waals surface area (Å²) in [6.07, 6.45) is 1.01. The van der Waals surface area contributed by atoms with E-state index in [1.807, 2.05) is 18.2 Å². The number of anilines is 1. The summed E-state index contributed by atoms with van der Waals surface area (Å²) in [6.45, 7) is 11.0. The summed E-state index contributed by atoms with van der Waals surface area (Å²) < 4.78 is 0.944. The number of nitrogens with one attached hydrogen (secondary N) is 2. The van der Waals surface area contributed by atoms with Crippen LogP contribution in [-0.4, -0.2) is 10.7 Å². The van der Waals surface area contributed by atoms with E-state index in [1.165, 1.54) is 0 Å². The fourth-order valence-corrected chi connectivity index (χ4v) is 3.53. The maximum atomic E-state index is 6.17. The van der Waals surface area contributed by atoms with Crippen molar-refractivity contribution >= 4 is 50.5 Å². The predicted molar refractivity (Wildman–Crippen MR) is 96.7 cm³/mol. The Kier molecular flexibility index (Phi) is 5.88. The molecular weight excluding hydrogens is 356 g/mol.